The van der Waals surface area contributed by atoms with Gasteiger partial charge >= 0.3 is 0 Å². The van der Waals surface area contributed by atoms with Gasteiger partial charge in [0.15, 0.2) is 5.82 Å². The number of aliphatic hydroxyl groups is 1. The van der Waals surface area contributed by atoms with E-state index in [0.717, 1.165) is 0 Å². The maximum atomic E-state index is 12.4. The standard InChI is InChI=1S/C15H15ClN6O2S/c16-8-4-18-13(19-5-8)10-1-2-11(21-10)14(24)22-12(3-17)15-20-9(6-23)7-25-15/h1-2,4-5,7,12,21,23H,3,6,17H2,(H,22,24)/t12-/m1/s1. The number of aliphatic hydroxyl groups excluding tert-OH is 1. The van der Waals surface area contributed by atoms with E-state index >= 15 is 0 Å². The second-order valence-corrected chi connectivity index (χ2v) is 6.43. The zero-order valence-electron chi connectivity index (χ0n) is 12.9. The van der Waals surface area contributed by atoms with E-state index in [4.69, 9.17) is 22.4 Å². The number of hydrogen-bond acceptors (Lipinski definition) is 7. The van der Waals surface area contributed by atoms with E-state index in [9.17, 15) is 4.79 Å². The van der Waals surface area contributed by atoms with Crippen LogP contribution < -0.4 is 11.1 Å². The predicted octanol–water partition coefficient (Wildman–Crippen LogP) is 1.50. The number of thiazole rings is 1. The summed E-state index contributed by atoms with van der Waals surface area (Å²) in [6.45, 7) is 0.0425. The molecular formula is C15H15ClN6O2S. The fourth-order valence-electron chi connectivity index (χ4n) is 2.12. The molecule has 8 nitrogen and oxygen atoms in total. The van der Waals surface area contributed by atoms with Crippen molar-refractivity contribution in [3.63, 3.8) is 0 Å². The third-order valence-corrected chi connectivity index (χ3v) is 4.56. The molecule has 5 N–H and O–H groups in total. The van der Waals surface area contributed by atoms with Gasteiger partial charge < -0.3 is 21.1 Å². The van der Waals surface area contributed by atoms with Crippen LogP contribution in [-0.2, 0) is 6.61 Å². The van der Waals surface area contributed by atoms with E-state index in [0.29, 0.717) is 32.9 Å². The number of rotatable bonds is 6. The van der Waals surface area contributed by atoms with Crippen LogP contribution in [0, 0.1) is 0 Å². The van der Waals surface area contributed by atoms with E-state index in [1.54, 1.807) is 17.5 Å². The average Bonchev–Trinajstić information content (AvgIpc) is 3.29. The van der Waals surface area contributed by atoms with Crippen LogP contribution in [0.4, 0.5) is 0 Å². The normalized spacial score (nSPS) is 12.1. The van der Waals surface area contributed by atoms with Crippen LogP contribution in [0.2, 0.25) is 5.02 Å². The fourth-order valence-corrected chi connectivity index (χ4v) is 3.09. The fraction of sp³-hybridized carbons (Fsp3) is 0.200. The van der Waals surface area contributed by atoms with Gasteiger partial charge in [-0.05, 0) is 12.1 Å². The molecule has 3 aromatic heterocycles. The molecular weight excluding hydrogens is 364 g/mol. The molecule has 0 saturated carbocycles. The van der Waals surface area contributed by atoms with Crippen molar-refractivity contribution in [2.75, 3.05) is 6.54 Å². The number of carbonyl (C=O) groups is 1. The topological polar surface area (TPSA) is 130 Å². The smallest absolute Gasteiger partial charge is 0.268 e. The number of H-pyrrole nitrogens is 1. The highest BCUT2D eigenvalue weighted by atomic mass is 35.5. The quantitative estimate of drug-likeness (QED) is 0.514. The Kier molecular flexibility index (Phi) is 5.39. The maximum Gasteiger partial charge on any atom is 0.268 e. The van der Waals surface area contributed by atoms with Crippen molar-refractivity contribution in [3.8, 4) is 11.5 Å². The van der Waals surface area contributed by atoms with Crippen LogP contribution in [0.3, 0.4) is 0 Å². The second-order valence-electron chi connectivity index (χ2n) is 5.11. The Morgan fingerprint density at radius 3 is 2.80 bits per heavy atom. The highest BCUT2D eigenvalue weighted by molar-refractivity contribution is 7.09. The summed E-state index contributed by atoms with van der Waals surface area (Å²) in [5.41, 5.74) is 7.24. The zero-order valence-corrected chi connectivity index (χ0v) is 14.5. The van der Waals surface area contributed by atoms with Crippen molar-refractivity contribution < 1.29 is 9.90 Å². The Hall–Kier alpha value is -2.33. The van der Waals surface area contributed by atoms with Gasteiger partial charge in [-0.1, -0.05) is 11.6 Å². The van der Waals surface area contributed by atoms with Gasteiger partial charge in [-0.25, -0.2) is 15.0 Å². The van der Waals surface area contributed by atoms with Crippen molar-refractivity contribution in [1.82, 2.24) is 25.3 Å². The molecule has 0 saturated heterocycles. The van der Waals surface area contributed by atoms with Gasteiger partial charge in [0.05, 0.1) is 29.1 Å². The summed E-state index contributed by atoms with van der Waals surface area (Å²) in [7, 11) is 0. The number of aromatic amines is 1. The number of nitrogens with zero attached hydrogens (tertiary/aromatic N) is 3. The van der Waals surface area contributed by atoms with Crippen LogP contribution in [0.15, 0.2) is 29.9 Å². The molecule has 0 fully saturated rings. The van der Waals surface area contributed by atoms with Crippen LogP contribution in [0.5, 0.6) is 0 Å². The number of aromatic nitrogens is 4. The van der Waals surface area contributed by atoms with Crippen LogP contribution in [-0.4, -0.2) is 37.5 Å². The minimum atomic E-state index is -0.434. The molecule has 0 radical (unpaired) electrons. The Balaban J connectivity index is 1.73. The number of carbonyl (C=O) groups excluding carboxylic acids is 1. The van der Waals surface area contributed by atoms with Gasteiger partial charge in [0.25, 0.3) is 5.91 Å². The highest BCUT2D eigenvalue weighted by Gasteiger charge is 2.19. The summed E-state index contributed by atoms with van der Waals surface area (Å²) >= 11 is 7.11. The van der Waals surface area contributed by atoms with Crippen molar-refractivity contribution >= 4 is 28.8 Å². The van der Waals surface area contributed by atoms with Crippen molar-refractivity contribution in [1.29, 1.82) is 0 Å². The largest absolute Gasteiger partial charge is 0.390 e. The van der Waals surface area contributed by atoms with Crippen molar-refractivity contribution in [2.24, 2.45) is 5.73 Å². The molecule has 3 aromatic rings. The molecule has 25 heavy (non-hydrogen) atoms. The number of nitrogens with two attached hydrogens (primary N) is 1. The number of amides is 1. The lowest BCUT2D eigenvalue weighted by molar-refractivity contribution is 0.0933. The van der Waals surface area contributed by atoms with Gasteiger partial charge in [0, 0.05) is 24.3 Å². The first-order valence-electron chi connectivity index (χ1n) is 7.33. The SMILES string of the molecule is NC[C@@H](NC(=O)c1ccc(-c2ncc(Cl)cn2)[nH]1)c1nc(CO)cs1. The molecule has 130 valence electrons. The third-order valence-electron chi connectivity index (χ3n) is 3.36. The molecule has 3 heterocycles. The molecule has 0 aromatic carbocycles. The molecule has 0 aliphatic rings. The first-order chi connectivity index (χ1) is 12.1. The summed E-state index contributed by atoms with van der Waals surface area (Å²) in [5.74, 6) is 0.114. The Morgan fingerprint density at radius 2 is 2.16 bits per heavy atom. The summed E-state index contributed by atoms with van der Waals surface area (Å²) in [5, 5.41) is 14.7. The average molecular weight is 379 g/mol. The molecule has 0 aliphatic heterocycles. The molecule has 0 unspecified atom stereocenters. The van der Waals surface area contributed by atoms with Gasteiger partial charge in [-0.3, -0.25) is 4.79 Å². The zero-order chi connectivity index (χ0) is 17.8. The summed E-state index contributed by atoms with van der Waals surface area (Å²) in [4.78, 5) is 27.8. The minimum absolute atomic E-state index is 0.150. The number of nitrogens with one attached hydrogen (secondary N) is 2. The highest BCUT2D eigenvalue weighted by Crippen LogP contribution is 2.19. The predicted molar refractivity (Wildman–Crippen MR) is 94.1 cm³/mol. The lowest BCUT2D eigenvalue weighted by Crippen LogP contribution is -2.33. The van der Waals surface area contributed by atoms with Crippen molar-refractivity contribution in [2.45, 2.75) is 12.6 Å². The number of halogens is 1. The Bertz CT molecular complexity index is 863. The Labute approximate surface area is 152 Å². The van der Waals surface area contributed by atoms with E-state index < -0.39 is 6.04 Å². The van der Waals surface area contributed by atoms with E-state index in [2.05, 4.69) is 25.3 Å². The summed E-state index contributed by atoms with van der Waals surface area (Å²) < 4.78 is 0. The Morgan fingerprint density at radius 1 is 1.40 bits per heavy atom. The summed E-state index contributed by atoms with van der Waals surface area (Å²) in [6.07, 6.45) is 2.96. The lowest BCUT2D eigenvalue weighted by Gasteiger charge is -2.13. The molecule has 0 aliphatic carbocycles. The second kappa shape index (κ2) is 7.70. The molecule has 10 heteroatoms. The molecule has 0 bridgehead atoms. The van der Waals surface area contributed by atoms with Crippen molar-refractivity contribution in [3.05, 3.63) is 51.3 Å². The van der Waals surface area contributed by atoms with Gasteiger partial charge in [0.1, 0.15) is 10.7 Å². The van der Waals surface area contributed by atoms with E-state index in [1.165, 1.54) is 23.7 Å². The molecule has 0 spiro atoms. The molecule has 1 amide bonds. The van der Waals surface area contributed by atoms with Crippen LogP contribution in [0.1, 0.15) is 27.2 Å². The maximum absolute atomic E-state index is 12.4. The third kappa shape index (κ3) is 4.02. The first-order valence-corrected chi connectivity index (χ1v) is 8.59. The monoisotopic (exact) mass is 378 g/mol. The first kappa shape index (κ1) is 17.5. The number of hydrogen-bond donors (Lipinski definition) is 4. The molecule has 1 atom stereocenters. The minimum Gasteiger partial charge on any atom is -0.390 e. The lowest BCUT2D eigenvalue weighted by atomic mass is 10.3. The summed E-state index contributed by atoms with van der Waals surface area (Å²) in [6, 6.07) is 2.91. The van der Waals surface area contributed by atoms with E-state index in [1.807, 2.05) is 0 Å². The van der Waals surface area contributed by atoms with E-state index in [-0.39, 0.29) is 19.1 Å². The van der Waals surface area contributed by atoms with Gasteiger partial charge in [0.2, 0.25) is 0 Å². The van der Waals surface area contributed by atoms with Crippen LogP contribution >= 0.6 is 22.9 Å². The van der Waals surface area contributed by atoms with Gasteiger partial charge in [-0.2, -0.15) is 0 Å². The van der Waals surface area contributed by atoms with Crippen LogP contribution in [0.25, 0.3) is 11.5 Å². The molecule has 3 rings (SSSR count). The van der Waals surface area contributed by atoms with Gasteiger partial charge in [-0.15, -0.1) is 11.3 Å².